The summed E-state index contributed by atoms with van der Waals surface area (Å²) in [4.78, 5) is 16.4. The fraction of sp³-hybridized carbons (Fsp3) is 0.333. The Balaban J connectivity index is 2.13. The molecule has 0 aliphatic rings. The molecular weight excluding hydrogens is 238 g/mol. The molecule has 3 N–H and O–H groups in total. The third-order valence-electron chi connectivity index (χ3n) is 3.06. The fourth-order valence-corrected chi connectivity index (χ4v) is 2.08. The molecule has 0 saturated carbocycles. The van der Waals surface area contributed by atoms with Crippen molar-refractivity contribution in [3.63, 3.8) is 0 Å². The van der Waals surface area contributed by atoms with Gasteiger partial charge in [-0.2, -0.15) is 0 Å². The number of amides is 1. The standard InChI is InChI=1S/C15H19N3O/c1-2-5-12(16)10-18-15(19)13-8-3-6-11-7-4-9-17-14(11)13/h3-4,6-9,12H,2,5,10,16H2,1H3,(H,18,19). The van der Waals surface area contributed by atoms with Gasteiger partial charge in [-0.25, -0.2) is 0 Å². The van der Waals surface area contributed by atoms with Gasteiger partial charge in [-0.05, 0) is 18.6 Å². The van der Waals surface area contributed by atoms with E-state index in [2.05, 4.69) is 17.2 Å². The molecule has 4 nitrogen and oxygen atoms in total. The molecule has 19 heavy (non-hydrogen) atoms. The summed E-state index contributed by atoms with van der Waals surface area (Å²) < 4.78 is 0. The lowest BCUT2D eigenvalue weighted by molar-refractivity contribution is 0.0952. The van der Waals surface area contributed by atoms with Gasteiger partial charge in [0.2, 0.25) is 0 Å². The number of fused-ring (bicyclic) bond motifs is 1. The van der Waals surface area contributed by atoms with Crippen LogP contribution in [0, 0.1) is 0 Å². The van der Waals surface area contributed by atoms with E-state index in [-0.39, 0.29) is 11.9 Å². The highest BCUT2D eigenvalue weighted by Crippen LogP contribution is 2.15. The molecule has 1 heterocycles. The molecule has 0 aliphatic heterocycles. The Labute approximate surface area is 113 Å². The first-order valence-electron chi connectivity index (χ1n) is 6.60. The molecule has 4 heteroatoms. The molecule has 2 aromatic rings. The molecule has 100 valence electrons. The quantitative estimate of drug-likeness (QED) is 0.861. The van der Waals surface area contributed by atoms with E-state index in [4.69, 9.17) is 5.73 Å². The predicted octanol–water partition coefficient (Wildman–Crippen LogP) is 2.09. The number of nitrogens with zero attached hydrogens (tertiary/aromatic N) is 1. The summed E-state index contributed by atoms with van der Waals surface area (Å²) >= 11 is 0. The Morgan fingerprint density at radius 2 is 2.16 bits per heavy atom. The van der Waals surface area contributed by atoms with Gasteiger partial charge in [-0.15, -0.1) is 0 Å². The van der Waals surface area contributed by atoms with Crippen LogP contribution in [-0.4, -0.2) is 23.5 Å². The number of hydrogen-bond donors (Lipinski definition) is 2. The average molecular weight is 257 g/mol. The fourth-order valence-electron chi connectivity index (χ4n) is 2.08. The van der Waals surface area contributed by atoms with E-state index in [0.29, 0.717) is 12.1 Å². The summed E-state index contributed by atoms with van der Waals surface area (Å²) in [5.41, 5.74) is 7.22. The lowest BCUT2D eigenvalue weighted by Gasteiger charge is -2.12. The van der Waals surface area contributed by atoms with E-state index in [1.807, 2.05) is 24.3 Å². The topological polar surface area (TPSA) is 68.0 Å². The number of nitrogens with one attached hydrogen (secondary N) is 1. The summed E-state index contributed by atoms with van der Waals surface area (Å²) in [7, 11) is 0. The van der Waals surface area contributed by atoms with Crippen LogP contribution < -0.4 is 11.1 Å². The third-order valence-corrected chi connectivity index (χ3v) is 3.06. The van der Waals surface area contributed by atoms with Gasteiger partial charge in [0.1, 0.15) is 0 Å². The van der Waals surface area contributed by atoms with E-state index >= 15 is 0 Å². The Morgan fingerprint density at radius 3 is 2.95 bits per heavy atom. The largest absolute Gasteiger partial charge is 0.350 e. The molecule has 0 fully saturated rings. The number of carbonyl (C=O) groups excluding carboxylic acids is 1. The highest BCUT2D eigenvalue weighted by molar-refractivity contribution is 6.05. The van der Waals surface area contributed by atoms with E-state index in [9.17, 15) is 4.79 Å². The maximum absolute atomic E-state index is 12.2. The highest BCUT2D eigenvalue weighted by Gasteiger charge is 2.11. The third kappa shape index (κ3) is 3.29. The van der Waals surface area contributed by atoms with Gasteiger partial charge in [0.25, 0.3) is 5.91 Å². The highest BCUT2D eigenvalue weighted by atomic mass is 16.1. The number of nitrogens with two attached hydrogens (primary N) is 1. The summed E-state index contributed by atoms with van der Waals surface area (Å²) in [6.07, 6.45) is 3.63. The van der Waals surface area contributed by atoms with Crippen LogP contribution in [0.2, 0.25) is 0 Å². The molecule has 1 atom stereocenters. The van der Waals surface area contributed by atoms with Crippen molar-refractivity contribution in [2.24, 2.45) is 5.73 Å². The lowest BCUT2D eigenvalue weighted by Crippen LogP contribution is -2.37. The van der Waals surface area contributed by atoms with Crippen LogP contribution in [0.5, 0.6) is 0 Å². The Bertz CT molecular complexity index is 563. The van der Waals surface area contributed by atoms with E-state index in [0.717, 1.165) is 23.7 Å². The maximum atomic E-state index is 12.2. The molecule has 1 unspecified atom stereocenters. The molecule has 0 saturated heterocycles. The van der Waals surface area contributed by atoms with Crippen molar-refractivity contribution in [2.45, 2.75) is 25.8 Å². The first-order chi connectivity index (χ1) is 9.22. The molecule has 2 rings (SSSR count). The maximum Gasteiger partial charge on any atom is 0.253 e. The molecular formula is C15H19N3O. The number of para-hydroxylation sites is 1. The zero-order valence-electron chi connectivity index (χ0n) is 11.1. The van der Waals surface area contributed by atoms with Crippen LogP contribution in [-0.2, 0) is 0 Å². The van der Waals surface area contributed by atoms with Crippen molar-refractivity contribution in [3.8, 4) is 0 Å². The smallest absolute Gasteiger partial charge is 0.253 e. The van der Waals surface area contributed by atoms with Crippen molar-refractivity contribution in [3.05, 3.63) is 42.1 Å². The summed E-state index contributed by atoms with van der Waals surface area (Å²) in [6.45, 7) is 2.58. The molecule has 0 aliphatic carbocycles. The van der Waals surface area contributed by atoms with Gasteiger partial charge in [0, 0.05) is 24.2 Å². The van der Waals surface area contributed by atoms with Crippen molar-refractivity contribution >= 4 is 16.8 Å². The Kier molecular flexibility index (Phi) is 4.47. The van der Waals surface area contributed by atoms with E-state index in [1.165, 1.54) is 0 Å². The van der Waals surface area contributed by atoms with Gasteiger partial charge in [0.15, 0.2) is 0 Å². The first-order valence-corrected chi connectivity index (χ1v) is 6.60. The Hall–Kier alpha value is -1.94. The first kappa shape index (κ1) is 13.5. The summed E-state index contributed by atoms with van der Waals surface area (Å²) in [6, 6.07) is 9.42. The number of benzene rings is 1. The second kappa shape index (κ2) is 6.29. The van der Waals surface area contributed by atoms with Gasteiger partial charge >= 0.3 is 0 Å². The van der Waals surface area contributed by atoms with Crippen molar-refractivity contribution < 1.29 is 4.79 Å². The lowest BCUT2D eigenvalue weighted by atomic mass is 10.1. The zero-order valence-corrected chi connectivity index (χ0v) is 11.1. The number of carbonyl (C=O) groups is 1. The minimum atomic E-state index is -0.115. The van der Waals surface area contributed by atoms with Crippen molar-refractivity contribution in [2.75, 3.05) is 6.54 Å². The number of pyridine rings is 1. The summed E-state index contributed by atoms with van der Waals surface area (Å²) in [5.74, 6) is -0.115. The van der Waals surface area contributed by atoms with E-state index in [1.54, 1.807) is 12.3 Å². The minimum absolute atomic E-state index is 0.0110. The van der Waals surface area contributed by atoms with E-state index < -0.39 is 0 Å². The van der Waals surface area contributed by atoms with Crippen LogP contribution in [0.1, 0.15) is 30.1 Å². The second-order valence-electron chi connectivity index (χ2n) is 4.64. The SMILES string of the molecule is CCCC(N)CNC(=O)c1cccc2cccnc12. The predicted molar refractivity (Wildman–Crippen MR) is 77.0 cm³/mol. The number of aromatic nitrogens is 1. The zero-order chi connectivity index (χ0) is 13.7. The van der Waals surface area contributed by atoms with Gasteiger partial charge in [-0.1, -0.05) is 31.5 Å². The number of rotatable bonds is 5. The van der Waals surface area contributed by atoms with Crippen LogP contribution in [0.3, 0.4) is 0 Å². The van der Waals surface area contributed by atoms with Crippen molar-refractivity contribution in [1.82, 2.24) is 10.3 Å². The van der Waals surface area contributed by atoms with Gasteiger partial charge in [-0.3, -0.25) is 9.78 Å². The minimum Gasteiger partial charge on any atom is -0.350 e. The van der Waals surface area contributed by atoms with Crippen LogP contribution in [0.4, 0.5) is 0 Å². The second-order valence-corrected chi connectivity index (χ2v) is 4.64. The molecule has 0 spiro atoms. The van der Waals surface area contributed by atoms with Gasteiger partial charge in [0.05, 0.1) is 11.1 Å². The van der Waals surface area contributed by atoms with Crippen LogP contribution in [0.15, 0.2) is 36.5 Å². The Morgan fingerprint density at radius 1 is 1.37 bits per heavy atom. The monoisotopic (exact) mass is 257 g/mol. The summed E-state index contributed by atoms with van der Waals surface area (Å²) in [5, 5.41) is 3.84. The van der Waals surface area contributed by atoms with Crippen LogP contribution in [0.25, 0.3) is 10.9 Å². The normalized spacial score (nSPS) is 12.3. The molecule has 1 aromatic heterocycles. The molecule has 1 aromatic carbocycles. The van der Waals surface area contributed by atoms with Gasteiger partial charge < -0.3 is 11.1 Å². The van der Waals surface area contributed by atoms with Crippen molar-refractivity contribution in [1.29, 1.82) is 0 Å². The average Bonchev–Trinajstić information content (AvgIpc) is 2.44. The molecule has 0 bridgehead atoms. The number of hydrogen-bond acceptors (Lipinski definition) is 3. The molecule has 0 radical (unpaired) electrons. The van der Waals surface area contributed by atoms with Crippen LogP contribution >= 0.6 is 0 Å². The molecule has 1 amide bonds.